The second kappa shape index (κ2) is 6.84. The van der Waals surface area contributed by atoms with E-state index < -0.39 is 4.92 Å². The maximum atomic E-state index is 12.1. The van der Waals surface area contributed by atoms with Gasteiger partial charge in [0.05, 0.1) is 15.9 Å². The summed E-state index contributed by atoms with van der Waals surface area (Å²) in [4.78, 5) is 27.0. The summed E-state index contributed by atoms with van der Waals surface area (Å²) >= 11 is 1.35. The molecule has 0 aliphatic carbocycles. The van der Waals surface area contributed by atoms with Crippen molar-refractivity contribution in [1.82, 2.24) is 5.32 Å². The van der Waals surface area contributed by atoms with Gasteiger partial charge in [0.25, 0.3) is 5.69 Å². The predicted molar refractivity (Wildman–Crippen MR) is 94.6 cm³/mol. The van der Waals surface area contributed by atoms with Gasteiger partial charge < -0.3 is 5.32 Å². The van der Waals surface area contributed by atoms with Crippen LogP contribution in [0.3, 0.4) is 0 Å². The van der Waals surface area contributed by atoms with Crippen molar-refractivity contribution in [3.05, 3.63) is 69.8 Å². The molecule has 1 amide bonds. The zero-order chi connectivity index (χ0) is 17.1. The SMILES string of the molecule is Cc1cccc(N=C2NC(=O)[C@@H](Cc3cccc([N+](=O)[O-])c3)S2)c1. The zero-order valence-electron chi connectivity index (χ0n) is 12.9. The van der Waals surface area contributed by atoms with E-state index in [0.29, 0.717) is 11.6 Å². The largest absolute Gasteiger partial charge is 0.304 e. The molecule has 1 heterocycles. The number of aryl methyl sites for hydroxylation is 1. The van der Waals surface area contributed by atoms with Crippen LogP contribution in [0.5, 0.6) is 0 Å². The zero-order valence-corrected chi connectivity index (χ0v) is 13.7. The molecule has 2 aromatic carbocycles. The Balaban J connectivity index is 1.73. The number of benzene rings is 2. The smallest absolute Gasteiger partial charge is 0.269 e. The molecular weight excluding hydrogens is 326 g/mol. The van der Waals surface area contributed by atoms with Crippen LogP contribution in [-0.2, 0) is 11.2 Å². The summed E-state index contributed by atoms with van der Waals surface area (Å²) in [6.07, 6.45) is 0.422. The van der Waals surface area contributed by atoms with Gasteiger partial charge >= 0.3 is 0 Å². The van der Waals surface area contributed by atoms with Gasteiger partial charge in [-0.05, 0) is 36.6 Å². The fourth-order valence-electron chi connectivity index (χ4n) is 2.42. The quantitative estimate of drug-likeness (QED) is 0.682. The Morgan fingerprint density at radius 3 is 2.79 bits per heavy atom. The van der Waals surface area contributed by atoms with E-state index in [2.05, 4.69) is 10.3 Å². The fraction of sp³-hybridized carbons (Fsp3) is 0.176. The van der Waals surface area contributed by atoms with Crippen LogP contribution in [0.15, 0.2) is 53.5 Å². The molecule has 0 aromatic heterocycles. The minimum absolute atomic E-state index is 0.0320. The molecule has 1 N–H and O–H groups in total. The molecule has 0 saturated carbocycles. The molecule has 1 atom stereocenters. The van der Waals surface area contributed by atoms with Crippen molar-refractivity contribution in [3.8, 4) is 0 Å². The lowest BCUT2D eigenvalue weighted by atomic mass is 10.1. The number of carbonyl (C=O) groups is 1. The Morgan fingerprint density at radius 1 is 1.25 bits per heavy atom. The van der Waals surface area contributed by atoms with Crippen LogP contribution in [0.2, 0.25) is 0 Å². The first-order valence-electron chi connectivity index (χ1n) is 7.37. The first-order valence-corrected chi connectivity index (χ1v) is 8.25. The number of rotatable bonds is 4. The molecule has 1 fully saturated rings. The Bertz CT molecular complexity index is 835. The van der Waals surface area contributed by atoms with Crippen molar-refractivity contribution in [2.24, 2.45) is 4.99 Å². The highest BCUT2D eigenvalue weighted by molar-refractivity contribution is 8.15. The summed E-state index contributed by atoms with van der Waals surface area (Å²) in [6.45, 7) is 1.98. The van der Waals surface area contributed by atoms with E-state index in [0.717, 1.165) is 16.8 Å². The molecule has 7 heteroatoms. The van der Waals surface area contributed by atoms with Crippen LogP contribution in [0.1, 0.15) is 11.1 Å². The monoisotopic (exact) mass is 341 g/mol. The highest BCUT2D eigenvalue weighted by Gasteiger charge is 2.30. The topological polar surface area (TPSA) is 84.6 Å². The van der Waals surface area contributed by atoms with Crippen LogP contribution in [-0.4, -0.2) is 21.2 Å². The molecule has 0 radical (unpaired) electrons. The molecular formula is C17H15N3O3S. The average molecular weight is 341 g/mol. The molecule has 0 bridgehead atoms. The van der Waals surface area contributed by atoms with Crippen molar-refractivity contribution in [3.63, 3.8) is 0 Å². The van der Waals surface area contributed by atoms with Crippen LogP contribution in [0.25, 0.3) is 0 Å². The molecule has 0 spiro atoms. The third-order valence-corrected chi connectivity index (χ3v) is 4.63. The average Bonchev–Trinajstić information content (AvgIpc) is 2.87. The number of aliphatic imine (C=N–C) groups is 1. The van der Waals surface area contributed by atoms with Gasteiger partial charge in [-0.25, -0.2) is 4.99 Å². The van der Waals surface area contributed by atoms with Gasteiger partial charge in [-0.1, -0.05) is 36.0 Å². The first kappa shape index (κ1) is 16.2. The lowest BCUT2D eigenvalue weighted by molar-refractivity contribution is -0.384. The number of carbonyl (C=O) groups excluding carboxylic acids is 1. The minimum atomic E-state index is -0.435. The molecule has 2 aromatic rings. The molecule has 24 heavy (non-hydrogen) atoms. The molecule has 3 rings (SSSR count). The number of hydrogen-bond donors (Lipinski definition) is 1. The lowest BCUT2D eigenvalue weighted by Gasteiger charge is -2.05. The van der Waals surface area contributed by atoms with E-state index in [9.17, 15) is 14.9 Å². The van der Waals surface area contributed by atoms with Gasteiger partial charge in [0.1, 0.15) is 0 Å². The van der Waals surface area contributed by atoms with Crippen LogP contribution in [0.4, 0.5) is 11.4 Å². The van der Waals surface area contributed by atoms with E-state index in [1.165, 1.54) is 23.9 Å². The molecule has 6 nitrogen and oxygen atoms in total. The molecule has 1 aliphatic heterocycles. The second-order valence-corrected chi connectivity index (χ2v) is 6.67. The van der Waals surface area contributed by atoms with Gasteiger partial charge in [-0.3, -0.25) is 14.9 Å². The minimum Gasteiger partial charge on any atom is -0.304 e. The fourth-order valence-corrected chi connectivity index (χ4v) is 3.45. The number of thioether (sulfide) groups is 1. The van der Waals surface area contributed by atoms with Crippen molar-refractivity contribution >= 4 is 34.2 Å². The Kier molecular flexibility index (Phi) is 4.61. The number of nitro groups is 1. The Morgan fingerprint density at radius 2 is 2.04 bits per heavy atom. The molecule has 0 unspecified atom stereocenters. The number of amides is 1. The van der Waals surface area contributed by atoms with E-state index in [1.54, 1.807) is 12.1 Å². The number of nitro benzene ring substituents is 1. The van der Waals surface area contributed by atoms with E-state index >= 15 is 0 Å². The van der Waals surface area contributed by atoms with Gasteiger partial charge in [-0.2, -0.15) is 0 Å². The van der Waals surface area contributed by atoms with Crippen molar-refractivity contribution < 1.29 is 9.72 Å². The summed E-state index contributed by atoms with van der Waals surface area (Å²) in [7, 11) is 0. The summed E-state index contributed by atoms with van der Waals surface area (Å²) in [6, 6.07) is 14.1. The summed E-state index contributed by atoms with van der Waals surface area (Å²) in [5.74, 6) is -0.127. The standard InChI is InChI=1S/C17H15N3O3S/c1-11-4-2-6-13(8-11)18-17-19-16(21)15(24-17)10-12-5-3-7-14(9-12)20(22)23/h2-9,15H,10H2,1H3,(H,18,19,21)/t15-/m1/s1. The number of nitrogens with one attached hydrogen (secondary N) is 1. The van der Waals surface area contributed by atoms with Gasteiger partial charge in [0.2, 0.25) is 5.91 Å². The van der Waals surface area contributed by atoms with E-state index in [4.69, 9.17) is 0 Å². The number of hydrogen-bond acceptors (Lipinski definition) is 5. The summed E-state index contributed by atoms with van der Waals surface area (Å²) in [5.41, 5.74) is 2.67. The van der Waals surface area contributed by atoms with Gasteiger partial charge in [0, 0.05) is 12.1 Å². The van der Waals surface area contributed by atoms with Crippen LogP contribution >= 0.6 is 11.8 Å². The van der Waals surface area contributed by atoms with Gasteiger partial charge in [-0.15, -0.1) is 0 Å². The normalized spacial score (nSPS) is 18.6. The summed E-state index contributed by atoms with van der Waals surface area (Å²) < 4.78 is 0. The number of non-ortho nitro benzene ring substituents is 1. The van der Waals surface area contributed by atoms with Crippen LogP contribution < -0.4 is 5.32 Å². The number of amidine groups is 1. The lowest BCUT2D eigenvalue weighted by Crippen LogP contribution is -2.25. The highest BCUT2D eigenvalue weighted by atomic mass is 32.2. The number of nitrogens with zero attached hydrogens (tertiary/aromatic N) is 2. The first-order chi connectivity index (χ1) is 11.5. The third-order valence-electron chi connectivity index (χ3n) is 3.55. The van der Waals surface area contributed by atoms with E-state index in [1.807, 2.05) is 31.2 Å². The predicted octanol–water partition coefficient (Wildman–Crippen LogP) is 3.37. The molecule has 1 aliphatic rings. The Labute approximate surface area is 143 Å². The van der Waals surface area contributed by atoms with Crippen molar-refractivity contribution in [2.75, 3.05) is 0 Å². The maximum Gasteiger partial charge on any atom is 0.269 e. The van der Waals surface area contributed by atoms with Crippen LogP contribution in [0, 0.1) is 17.0 Å². The molecule has 1 saturated heterocycles. The van der Waals surface area contributed by atoms with E-state index in [-0.39, 0.29) is 16.8 Å². The van der Waals surface area contributed by atoms with Crippen molar-refractivity contribution in [2.45, 2.75) is 18.6 Å². The highest BCUT2D eigenvalue weighted by Crippen LogP contribution is 2.27. The third kappa shape index (κ3) is 3.80. The molecule has 122 valence electrons. The van der Waals surface area contributed by atoms with Gasteiger partial charge in [0.15, 0.2) is 5.17 Å². The summed E-state index contributed by atoms with van der Waals surface area (Å²) in [5, 5.41) is 13.8. The Hall–Kier alpha value is -2.67. The van der Waals surface area contributed by atoms with Crippen molar-refractivity contribution in [1.29, 1.82) is 0 Å². The second-order valence-electron chi connectivity index (χ2n) is 5.48. The maximum absolute atomic E-state index is 12.1.